The molecule has 0 aliphatic rings. The Kier molecular flexibility index (Phi) is 43.1. The number of phosphoric acid groups is 1. The number of phosphoric ester groups is 1. The Bertz CT molecular complexity index is 1380. The first-order chi connectivity index (χ1) is 31.8. The number of carbonyl (C=O) groups excluding carboxylic acids is 2. The Balaban J connectivity index is 4.44. The van der Waals surface area contributed by atoms with E-state index in [0.717, 1.165) is 25.7 Å². The van der Waals surface area contributed by atoms with Gasteiger partial charge in [0, 0.05) is 12.8 Å². The minimum atomic E-state index is -4.42. The van der Waals surface area contributed by atoms with Gasteiger partial charge in [-0.25, -0.2) is 4.57 Å². The molecule has 4 atom stereocenters. The smallest absolute Gasteiger partial charge is 0.462 e. The van der Waals surface area contributed by atoms with Gasteiger partial charge in [0.2, 0.25) is 0 Å². The summed E-state index contributed by atoms with van der Waals surface area (Å²) in [6.07, 6.45) is 50.3. The largest absolute Gasteiger partial charge is 0.472 e. The highest BCUT2D eigenvalue weighted by Crippen LogP contribution is 2.43. The van der Waals surface area contributed by atoms with Crippen LogP contribution in [0.15, 0.2) is 72.9 Å². The molecule has 0 saturated heterocycles. The first kappa shape index (κ1) is 63.4. The Morgan fingerprint density at radius 1 is 0.561 bits per heavy atom. The van der Waals surface area contributed by atoms with E-state index in [-0.39, 0.29) is 26.1 Å². The maximum absolute atomic E-state index is 12.8. The van der Waals surface area contributed by atoms with Gasteiger partial charge >= 0.3 is 19.8 Å². The maximum atomic E-state index is 12.8. The Morgan fingerprint density at radius 2 is 1.03 bits per heavy atom. The van der Waals surface area contributed by atoms with Crippen LogP contribution in [0.5, 0.6) is 0 Å². The van der Waals surface area contributed by atoms with Gasteiger partial charge in [-0.1, -0.05) is 215 Å². The lowest BCUT2D eigenvalue weighted by Crippen LogP contribution is -2.37. The Hall–Kier alpha value is -2.63. The van der Waals surface area contributed by atoms with Crippen molar-refractivity contribution in [1.82, 2.24) is 0 Å². The monoisotopic (exact) mass is 951 g/mol. The van der Waals surface area contributed by atoms with Crippen molar-refractivity contribution in [2.75, 3.05) is 47.5 Å². The molecule has 0 aromatic carbocycles. The summed E-state index contributed by atoms with van der Waals surface area (Å²) < 4.78 is 34.3. The molecule has 3 N–H and O–H groups in total. The van der Waals surface area contributed by atoms with Crippen LogP contribution >= 0.6 is 7.82 Å². The van der Waals surface area contributed by atoms with Crippen LogP contribution in [-0.2, 0) is 32.7 Å². The van der Waals surface area contributed by atoms with Gasteiger partial charge < -0.3 is 29.1 Å². The van der Waals surface area contributed by atoms with Crippen molar-refractivity contribution in [3.63, 3.8) is 0 Å². The van der Waals surface area contributed by atoms with Crippen molar-refractivity contribution in [2.24, 2.45) is 0 Å². The van der Waals surface area contributed by atoms with Gasteiger partial charge in [0.1, 0.15) is 19.8 Å². The molecule has 0 bridgehead atoms. The van der Waals surface area contributed by atoms with Gasteiger partial charge in [0.05, 0.1) is 40.0 Å². The number of aliphatic hydroxyl groups excluding tert-OH is 2. The third-order valence-corrected chi connectivity index (χ3v) is 11.9. The molecule has 1 unspecified atom stereocenters. The van der Waals surface area contributed by atoms with Crippen molar-refractivity contribution < 1.29 is 52.3 Å². The van der Waals surface area contributed by atoms with Gasteiger partial charge in [0.15, 0.2) is 6.10 Å². The maximum Gasteiger partial charge on any atom is 0.472 e. The second-order valence-corrected chi connectivity index (χ2v) is 20.0. The summed E-state index contributed by atoms with van der Waals surface area (Å²) in [5, 5.41) is 20.0. The zero-order valence-corrected chi connectivity index (χ0v) is 43.3. The number of nitrogens with zero attached hydrogens (tertiary/aromatic N) is 1. The molecule has 12 heteroatoms. The average molecular weight is 951 g/mol. The first-order valence-corrected chi connectivity index (χ1v) is 27.4. The van der Waals surface area contributed by atoms with Crippen LogP contribution in [0.25, 0.3) is 0 Å². The second kappa shape index (κ2) is 44.9. The summed E-state index contributed by atoms with van der Waals surface area (Å²) in [4.78, 5) is 35.5. The van der Waals surface area contributed by atoms with Crippen LogP contribution in [0.1, 0.15) is 194 Å². The van der Waals surface area contributed by atoms with E-state index in [2.05, 4.69) is 13.8 Å². The van der Waals surface area contributed by atoms with Crippen LogP contribution in [0.2, 0.25) is 0 Å². The van der Waals surface area contributed by atoms with Crippen molar-refractivity contribution in [1.29, 1.82) is 0 Å². The molecule has 0 spiro atoms. The highest BCUT2D eigenvalue weighted by Gasteiger charge is 2.27. The zero-order chi connectivity index (χ0) is 48.8. The molecule has 0 aliphatic carbocycles. The molecule has 382 valence electrons. The van der Waals surface area contributed by atoms with E-state index >= 15 is 0 Å². The molecular weight excluding hydrogens is 854 g/mol. The van der Waals surface area contributed by atoms with Gasteiger partial charge in [-0.3, -0.25) is 18.6 Å². The Labute approximate surface area is 403 Å². The molecule has 0 heterocycles. The van der Waals surface area contributed by atoms with E-state index in [1.807, 2.05) is 57.6 Å². The van der Waals surface area contributed by atoms with E-state index in [9.17, 15) is 29.3 Å². The predicted molar refractivity (Wildman–Crippen MR) is 273 cm³/mol. The number of likely N-dealkylation sites (N-methyl/N-ethyl adjacent to an activating group) is 1. The highest BCUT2D eigenvalue weighted by atomic mass is 31.2. The lowest BCUT2D eigenvalue weighted by molar-refractivity contribution is -0.870. The van der Waals surface area contributed by atoms with Crippen LogP contribution in [-0.4, -0.2) is 97.3 Å². The molecule has 0 aromatic rings. The highest BCUT2D eigenvalue weighted by molar-refractivity contribution is 7.47. The first-order valence-electron chi connectivity index (χ1n) is 25.9. The fourth-order valence-corrected chi connectivity index (χ4v) is 7.60. The van der Waals surface area contributed by atoms with Crippen molar-refractivity contribution in [3.8, 4) is 0 Å². The van der Waals surface area contributed by atoms with Crippen LogP contribution in [0.4, 0.5) is 0 Å². The molecule has 0 radical (unpaired) electrons. The van der Waals surface area contributed by atoms with E-state index in [1.165, 1.54) is 109 Å². The fraction of sp³-hybridized carbons (Fsp3) is 0.741. The average Bonchev–Trinajstić information content (AvgIpc) is 3.26. The van der Waals surface area contributed by atoms with Gasteiger partial charge in [-0.2, -0.15) is 0 Å². The summed E-state index contributed by atoms with van der Waals surface area (Å²) in [6.45, 7) is 4.05. The molecule has 0 rings (SSSR count). The number of aliphatic hydroxyl groups is 2. The standard InChI is InChI=1S/C54H96NO10P/c1-6-8-10-11-12-13-14-15-16-17-18-19-20-21-22-23-24-25-26-31-39-45-54(59)65-52(49-64-66(60,61)63-47-46-55(3,4)5)48-62-53(58)44-38-30-28-27-29-35-41-51(57)43-37-33-32-36-42-50(56)40-34-9-7-2/h9,28-30,32-37,42-43,50-52,56-57H,6-8,10-27,31,38-41,44-49H2,1-5H3/p+1/b30-28-,33-32-,34-9-,35-29-,42-36+,43-37+/t50-,51+,52-/m1/s1. The third-order valence-electron chi connectivity index (χ3n) is 10.9. The van der Waals surface area contributed by atoms with Crippen molar-refractivity contribution >= 4 is 19.8 Å². The number of quaternary nitrogens is 1. The van der Waals surface area contributed by atoms with E-state index < -0.39 is 44.7 Å². The number of rotatable bonds is 46. The van der Waals surface area contributed by atoms with Crippen LogP contribution in [0.3, 0.4) is 0 Å². The molecular formula is C54H97NO10P+. The number of ether oxygens (including phenoxy) is 2. The molecule has 0 aliphatic heterocycles. The summed E-state index contributed by atoms with van der Waals surface area (Å²) in [6, 6.07) is 0. The zero-order valence-electron chi connectivity index (χ0n) is 42.4. The van der Waals surface area contributed by atoms with Crippen molar-refractivity contribution in [3.05, 3.63) is 72.9 Å². The van der Waals surface area contributed by atoms with E-state index in [4.69, 9.17) is 18.5 Å². The number of allylic oxidation sites excluding steroid dienone is 8. The summed E-state index contributed by atoms with van der Waals surface area (Å²) >= 11 is 0. The van der Waals surface area contributed by atoms with Crippen molar-refractivity contribution in [2.45, 2.75) is 212 Å². The van der Waals surface area contributed by atoms with E-state index in [0.29, 0.717) is 43.1 Å². The minimum Gasteiger partial charge on any atom is -0.462 e. The topological polar surface area (TPSA) is 149 Å². The van der Waals surface area contributed by atoms with Crippen LogP contribution in [0, 0.1) is 0 Å². The quantitative estimate of drug-likeness (QED) is 0.0134. The number of carbonyl (C=O) groups is 2. The summed E-state index contributed by atoms with van der Waals surface area (Å²) in [5.74, 6) is -0.963. The molecule has 0 amide bonds. The lowest BCUT2D eigenvalue weighted by Gasteiger charge is -2.24. The Morgan fingerprint density at radius 3 is 1.52 bits per heavy atom. The minimum absolute atomic E-state index is 0.000449. The lowest BCUT2D eigenvalue weighted by atomic mass is 10.0. The molecule has 0 fully saturated rings. The summed E-state index contributed by atoms with van der Waals surface area (Å²) in [5.41, 5.74) is 0. The SMILES string of the molecule is CC/C=C\C[C@@H](O)/C=C/C=C\C=C\[C@@H](O)C/C=C\C/C=C\CCC(=O)OC[C@H](COP(=O)(O)OCC[N+](C)(C)C)OC(=O)CCCCCCCCCCCCCCCCCCCCCCC. The molecule has 0 aromatic heterocycles. The number of esters is 2. The number of hydrogen-bond donors (Lipinski definition) is 3. The van der Waals surface area contributed by atoms with Crippen LogP contribution < -0.4 is 0 Å². The number of hydrogen-bond acceptors (Lipinski definition) is 9. The predicted octanol–water partition coefficient (Wildman–Crippen LogP) is 13.3. The molecule has 11 nitrogen and oxygen atoms in total. The summed E-state index contributed by atoms with van der Waals surface area (Å²) in [7, 11) is 1.37. The van der Waals surface area contributed by atoms with E-state index in [1.54, 1.807) is 36.5 Å². The fourth-order valence-electron chi connectivity index (χ4n) is 6.86. The van der Waals surface area contributed by atoms with Gasteiger partial charge in [-0.05, 0) is 38.5 Å². The van der Waals surface area contributed by atoms with Gasteiger partial charge in [0.25, 0.3) is 0 Å². The molecule has 66 heavy (non-hydrogen) atoms. The second-order valence-electron chi connectivity index (χ2n) is 18.6. The number of unbranched alkanes of at least 4 members (excludes halogenated alkanes) is 20. The third kappa shape index (κ3) is 47.8. The van der Waals surface area contributed by atoms with Gasteiger partial charge in [-0.15, -0.1) is 0 Å². The molecule has 0 saturated carbocycles. The normalized spacial score (nSPS) is 15.0.